The highest BCUT2D eigenvalue weighted by molar-refractivity contribution is 5.80. The van der Waals surface area contributed by atoms with Crippen molar-refractivity contribution >= 4 is 29.8 Å². The molecule has 10 saturated carbocycles. The van der Waals surface area contributed by atoms with Crippen molar-refractivity contribution in [2.45, 2.75) is 351 Å². The Morgan fingerprint density at radius 3 is 0.871 bits per heavy atom. The van der Waals surface area contributed by atoms with Crippen LogP contribution in [-0.4, -0.2) is 57.9 Å². The van der Waals surface area contributed by atoms with E-state index in [4.69, 9.17) is 23.7 Å². The number of carbonyl (C=O) groups is 5. The van der Waals surface area contributed by atoms with Crippen LogP contribution in [0.3, 0.4) is 0 Å². The van der Waals surface area contributed by atoms with Gasteiger partial charge in [0, 0.05) is 0 Å². The predicted molar refractivity (Wildman–Crippen MR) is 379 cm³/mol. The summed E-state index contributed by atoms with van der Waals surface area (Å²) in [7, 11) is 0. The summed E-state index contributed by atoms with van der Waals surface area (Å²) in [4.78, 5) is 63.1. The van der Waals surface area contributed by atoms with Gasteiger partial charge >= 0.3 is 29.8 Å². The van der Waals surface area contributed by atoms with Crippen LogP contribution in [0.25, 0.3) is 0 Å². The van der Waals surface area contributed by atoms with E-state index in [-0.39, 0.29) is 85.4 Å². The average Bonchev–Trinajstić information content (AvgIpc) is 1.62. The molecule has 0 aromatic rings. The fourth-order valence-corrected chi connectivity index (χ4v) is 21.7. The molecule has 25 atom stereocenters. The van der Waals surface area contributed by atoms with Crippen LogP contribution in [0.5, 0.6) is 0 Å². The van der Waals surface area contributed by atoms with Crippen molar-refractivity contribution in [2.75, 3.05) is 0 Å². The lowest BCUT2D eigenvalue weighted by molar-refractivity contribution is -0.178. The summed E-state index contributed by atoms with van der Waals surface area (Å²) >= 11 is 0. The molecule has 0 radical (unpaired) electrons. The van der Waals surface area contributed by atoms with E-state index in [1.165, 1.54) is 32.1 Å². The molecule has 10 heteroatoms. The molecule has 0 aromatic heterocycles. The van der Waals surface area contributed by atoms with Crippen LogP contribution in [0.15, 0.2) is 0 Å². The Morgan fingerprint density at radius 2 is 0.613 bits per heavy atom. The van der Waals surface area contributed by atoms with E-state index < -0.39 is 0 Å². The lowest BCUT2D eigenvalue weighted by atomic mass is 9.66. The molecule has 10 nitrogen and oxygen atoms in total. The average molecular weight is 1300 g/mol. The highest BCUT2D eigenvalue weighted by atomic mass is 16.6. The number of hydrogen-bond donors (Lipinski definition) is 0. The van der Waals surface area contributed by atoms with Gasteiger partial charge in [0.2, 0.25) is 0 Å². The van der Waals surface area contributed by atoms with Gasteiger partial charge in [0.25, 0.3) is 0 Å². The lowest BCUT2D eigenvalue weighted by Crippen LogP contribution is -2.45. The summed E-state index contributed by atoms with van der Waals surface area (Å²) in [5.41, 5.74) is -2.36. The van der Waals surface area contributed by atoms with Crippen LogP contribution in [-0.2, 0) is 47.7 Å². The molecule has 538 valence electrons. The number of carbonyl (C=O) groups excluding carboxylic acids is 5. The summed E-state index contributed by atoms with van der Waals surface area (Å²) < 4.78 is 29.4. The maximum absolute atomic E-state index is 12.9. The second-order valence-corrected chi connectivity index (χ2v) is 36.8. The zero-order valence-corrected chi connectivity index (χ0v) is 65.6. The Kier molecular flexibility index (Phi) is 25.3. The molecule has 0 N–H and O–H groups in total. The molecule has 25 unspecified atom stereocenters. The molecule has 0 heterocycles. The molecule has 10 fully saturated rings. The molecular formula is C83H146O10. The Bertz CT molecular complexity index is 2500. The summed E-state index contributed by atoms with van der Waals surface area (Å²) in [5.74, 6) is 14.0. The topological polar surface area (TPSA) is 132 Å². The monoisotopic (exact) mass is 1300 g/mol. The smallest absolute Gasteiger partial charge is 0.312 e. The highest BCUT2D eigenvalue weighted by Gasteiger charge is 2.64. The van der Waals surface area contributed by atoms with E-state index in [1.807, 2.05) is 34.6 Å². The third kappa shape index (κ3) is 15.6. The molecule has 0 spiro atoms. The Labute approximate surface area is 571 Å². The van der Waals surface area contributed by atoms with Crippen LogP contribution in [0.1, 0.15) is 323 Å². The summed E-state index contributed by atoms with van der Waals surface area (Å²) in [6.07, 6.45) is 19.5. The van der Waals surface area contributed by atoms with Crippen molar-refractivity contribution in [2.24, 2.45) is 146 Å². The van der Waals surface area contributed by atoms with Gasteiger partial charge in [-0.05, 0) is 310 Å². The minimum absolute atomic E-state index is 0.0243. The number of rotatable bonds is 18. The Morgan fingerprint density at radius 1 is 0.323 bits per heavy atom. The van der Waals surface area contributed by atoms with E-state index in [0.717, 1.165) is 149 Å². The van der Waals surface area contributed by atoms with Crippen LogP contribution < -0.4 is 0 Å². The number of fused-ring (bicyclic) bond motifs is 10. The zero-order valence-electron chi connectivity index (χ0n) is 65.6. The van der Waals surface area contributed by atoms with Crippen molar-refractivity contribution in [3.63, 3.8) is 0 Å². The summed E-state index contributed by atoms with van der Waals surface area (Å²) in [5, 5.41) is 0. The highest BCUT2D eigenvalue weighted by Crippen LogP contribution is 2.65. The van der Waals surface area contributed by atoms with E-state index in [1.54, 1.807) is 0 Å². The number of ether oxygens (including phenoxy) is 5. The molecule has 0 aromatic carbocycles. The van der Waals surface area contributed by atoms with Crippen molar-refractivity contribution in [1.82, 2.24) is 0 Å². The molecule has 10 rings (SSSR count). The molecule has 10 aliphatic rings. The Hall–Kier alpha value is -2.65. The van der Waals surface area contributed by atoms with Gasteiger partial charge in [0.1, 0.15) is 28.0 Å². The first-order chi connectivity index (χ1) is 42.9. The van der Waals surface area contributed by atoms with Gasteiger partial charge in [-0.25, -0.2) is 0 Å². The van der Waals surface area contributed by atoms with Crippen molar-refractivity contribution in [3.8, 4) is 0 Å². The van der Waals surface area contributed by atoms with Gasteiger partial charge in [-0.2, -0.15) is 0 Å². The molecule has 10 bridgehead atoms. The van der Waals surface area contributed by atoms with Gasteiger partial charge in [-0.3, -0.25) is 24.0 Å². The second-order valence-electron chi connectivity index (χ2n) is 36.8. The van der Waals surface area contributed by atoms with Crippen LogP contribution in [0, 0.1) is 146 Å². The van der Waals surface area contributed by atoms with Crippen molar-refractivity contribution in [1.29, 1.82) is 0 Å². The predicted octanol–water partition coefficient (Wildman–Crippen LogP) is 21.4. The molecule has 93 heavy (non-hydrogen) atoms. The molecule has 0 saturated heterocycles. The van der Waals surface area contributed by atoms with Crippen LogP contribution in [0.2, 0.25) is 0 Å². The minimum atomic E-state index is -0.364. The van der Waals surface area contributed by atoms with E-state index in [2.05, 4.69) is 166 Å². The fraction of sp³-hybridized carbons (Fsp3) is 0.940. The van der Waals surface area contributed by atoms with Gasteiger partial charge in [0.05, 0.1) is 27.6 Å². The normalized spacial score (nSPS) is 41.4. The standard InChI is InChI=1S/C18H32O2.2C17H30O2.C16H28O2.C15H26O2/c1-7-18(8-2,9-3)20-16(19)17(6)11-14-10-15(17)13(5)12(14)4;1-7-16(5,8-2)19-15(18)17(6)10-13-9-14(17)12(4)11(13)3;1-6-17(7-2,8-3)19-16(18)15-10-13-9-14(15)12(5)11(13)4;1-7-15(4,5)18-14(17)16(6)9-12-8-13(16)11(3)10(12)2;1-9-10(2)12-7-11(9)8-15(12,6)13(16)17-14(3,4)5/h12-15H,7-11H2,1-6H3;11-14H,7-10H2,1-6H3;11-15H,6-10H2,1-5H3;10-13H,7-9H2,1-6H3;9-12H,7-8H2,1-6H3. The lowest BCUT2D eigenvalue weighted by Gasteiger charge is -2.41. The summed E-state index contributed by atoms with van der Waals surface area (Å²) in [6, 6.07) is 0. The largest absolute Gasteiger partial charge is 0.460 e. The number of hydrogen-bond acceptors (Lipinski definition) is 10. The molecule has 10 aliphatic carbocycles. The van der Waals surface area contributed by atoms with Gasteiger partial charge < -0.3 is 23.7 Å². The van der Waals surface area contributed by atoms with Crippen LogP contribution >= 0.6 is 0 Å². The SMILES string of the molecule is CC1C2CC(C1C)C(C)(C(=O)OC(C)(C)C)C2.CCC(C)(C)OC(=O)C1(C)CC2CC1C(C)C2C.CCC(C)(CC)OC(=O)C1(C)CC2CC1C(C)C2C.CCC(CC)(CC)OC(=O)C1(C)CC2CC1C(C)C2C.CCC(CC)(CC)OC(=O)C1CC2CC1C(C)C2C. The maximum atomic E-state index is 12.9. The van der Waals surface area contributed by atoms with Crippen molar-refractivity contribution in [3.05, 3.63) is 0 Å². The molecular weight excluding hydrogens is 1160 g/mol. The van der Waals surface area contributed by atoms with Gasteiger partial charge in [-0.1, -0.05) is 132 Å². The first-order valence-electron chi connectivity index (χ1n) is 39.1. The quantitative estimate of drug-likeness (QED) is 0.0965. The third-order valence-corrected chi connectivity index (χ3v) is 31.1. The van der Waals surface area contributed by atoms with Crippen LogP contribution in [0.4, 0.5) is 0 Å². The van der Waals surface area contributed by atoms with E-state index in [9.17, 15) is 24.0 Å². The minimum Gasteiger partial charge on any atom is -0.460 e. The Balaban J connectivity index is 0.000000185. The molecule has 0 aliphatic heterocycles. The fourth-order valence-electron chi connectivity index (χ4n) is 21.7. The van der Waals surface area contributed by atoms with E-state index in [0.29, 0.717) is 59.2 Å². The van der Waals surface area contributed by atoms with Crippen molar-refractivity contribution < 1.29 is 47.7 Å². The summed E-state index contributed by atoms with van der Waals surface area (Å²) in [6.45, 7) is 62.9. The second kappa shape index (κ2) is 29.7. The zero-order chi connectivity index (χ0) is 70.5. The van der Waals surface area contributed by atoms with Gasteiger partial charge in [0.15, 0.2) is 0 Å². The first-order valence-corrected chi connectivity index (χ1v) is 39.1. The van der Waals surface area contributed by atoms with E-state index >= 15 is 0 Å². The maximum Gasteiger partial charge on any atom is 0.312 e. The number of esters is 5. The third-order valence-electron chi connectivity index (χ3n) is 31.1. The first kappa shape index (κ1) is 79.3. The molecule has 0 amide bonds. The van der Waals surface area contributed by atoms with Gasteiger partial charge in [-0.15, -0.1) is 0 Å².